The standard InChI is InChI=1S/C12H14O/c1-8-4-3-5-10(6-8)12(13)11-7-9(11)2/h3-6,9,11H,7H2,1-2H3. The van der Waals surface area contributed by atoms with E-state index in [0.717, 1.165) is 12.0 Å². The summed E-state index contributed by atoms with van der Waals surface area (Å²) < 4.78 is 0. The van der Waals surface area contributed by atoms with Crippen molar-refractivity contribution in [1.82, 2.24) is 0 Å². The second kappa shape index (κ2) is 2.99. The van der Waals surface area contributed by atoms with Crippen LogP contribution in [0.5, 0.6) is 0 Å². The lowest BCUT2D eigenvalue weighted by molar-refractivity contribution is 0.0962. The fourth-order valence-electron chi connectivity index (χ4n) is 1.70. The molecule has 13 heavy (non-hydrogen) atoms. The Morgan fingerprint density at radius 1 is 1.46 bits per heavy atom. The zero-order chi connectivity index (χ0) is 9.42. The van der Waals surface area contributed by atoms with Gasteiger partial charge in [0, 0.05) is 11.5 Å². The topological polar surface area (TPSA) is 17.1 Å². The Hall–Kier alpha value is -1.11. The number of hydrogen-bond donors (Lipinski definition) is 0. The van der Waals surface area contributed by atoms with E-state index >= 15 is 0 Å². The highest BCUT2D eigenvalue weighted by molar-refractivity contribution is 5.99. The van der Waals surface area contributed by atoms with E-state index in [1.54, 1.807) is 0 Å². The summed E-state index contributed by atoms with van der Waals surface area (Å²) in [5.74, 6) is 1.24. The highest BCUT2D eigenvalue weighted by Crippen LogP contribution is 2.40. The molecule has 0 radical (unpaired) electrons. The second-order valence-electron chi connectivity index (χ2n) is 4.05. The molecule has 1 saturated carbocycles. The molecule has 0 aliphatic heterocycles. The molecule has 1 heteroatoms. The van der Waals surface area contributed by atoms with Crippen molar-refractivity contribution < 1.29 is 4.79 Å². The summed E-state index contributed by atoms with van der Waals surface area (Å²) in [6.45, 7) is 4.16. The Balaban J connectivity index is 2.21. The van der Waals surface area contributed by atoms with Crippen LogP contribution >= 0.6 is 0 Å². The van der Waals surface area contributed by atoms with Gasteiger partial charge in [-0.2, -0.15) is 0 Å². The predicted octanol–water partition coefficient (Wildman–Crippen LogP) is 2.83. The lowest BCUT2D eigenvalue weighted by atomic mass is 10.0. The maximum absolute atomic E-state index is 11.8. The molecule has 2 atom stereocenters. The number of rotatable bonds is 2. The van der Waals surface area contributed by atoms with Gasteiger partial charge in [-0.3, -0.25) is 4.79 Å². The highest BCUT2D eigenvalue weighted by Gasteiger charge is 2.39. The number of benzene rings is 1. The first-order valence-corrected chi connectivity index (χ1v) is 4.79. The van der Waals surface area contributed by atoms with Gasteiger partial charge in [-0.25, -0.2) is 0 Å². The number of hydrogen-bond acceptors (Lipinski definition) is 1. The van der Waals surface area contributed by atoms with Crippen LogP contribution in [-0.2, 0) is 0 Å². The third kappa shape index (κ3) is 1.64. The molecule has 0 heterocycles. The SMILES string of the molecule is Cc1cccc(C(=O)C2CC2C)c1. The van der Waals surface area contributed by atoms with Gasteiger partial charge in [-0.15, -0.1) is 0 Å². The van der Waals surface area contributed by atoms with Crippen LogP contribution in [-0.4, -0.2) is 5.78 Å². The molecule has 2 unspecified atom stereocenters. The van der Waals surface area contributed by atoms with Crippen molar-refractivity contribution in [2.75, 3.05) is 0 Å². The fourth-order valence-corrected chi connectivity index (χ4v) is 1.70. The maximum atomic E-state index is 11.8. The van der Waals surface area contributed by atoms with Gasteiger partial charge in [0.05, 0.1) is 0 Å². The molecule has 68 valence electrons. The summed E-state index contributed by atoms with van der Waals surface area (Å²) in [4.78, 5) is 11.8. The van der Waals surface area contributed by atoms with Crippen LogP contribution in [0.2, 0.25) is 0 Å². The van der Waals surface area contributed by atoms with Crippen molar-refractivity contribution >= 4 is 5.78 Å². The van der Waals surface area contributed by atoms with Gasteiger partial charge in [0.25, 0.3) is 0 Å². The van der Waals surface area contributed by atoms with Crippen LogP contribution in [0.15, 0.2) is 24.3 Å². The molecule has 0 bridgehead atoms. The van der Waals surface area contributed by atoms with Gasteiger partial charge in [0.1, 0.15) is 0 Å². The molecule has 2 rings (SSSR count). The van der Waals surface area contributed by atoms with Crippen LogP contribution in [0.25, 0.3) is 0 Å². The largest absolute Gasteiger partial charge is 0.294 e. The predicted molar refractivity (Wildman–Crippen MR) is 52.8 cm³/mol. The van der Waals surface area contributed by atoms with Crippen molar-refractivity contribution in [3.63, 3.8) is 0 Å². The third-order valence-electron chi connectivity index (χ3n) is 2.75. The van der Waals surface area contributed by atoms with Crippen LogP contribution in [0, 0.1) is 18.8 Å². The molecule has 0 saturated heterocycles. The molecule has 1 fully saturated rings. The minimum atomic E-state index is 0.307. The van der Waals surface area contributed by atoms with Crippen molar-refractivity contribution in [1.29, 1.82) is 0 Å². The van der Waals surface area contributed by atoms with Crippen molar-refractivity contribution in [3.05, 3.63) is 35.4 Å². The zero-order valence-corrected chi connectivity index (χ0v) is 8.08. The monoisotopic (exact) mass is 174 g/mol. The molecule has 0 amide bonds. The Labute approximate surface area is 78.8 Å². The summed E-state index contributed by atoms with van der Waals surface area (Å²) in [5, 5.41) is 0. The van der Waals surface area contributed by atoms with E-state index in [0.29, 0.717) is 17.6 Å². The summed E-state index contributed by atoms with van der Waals surface area (Å²) in [5.41, 5.74) is 2.05. The molecule has 1 nitrogen and oxygen atoms in total. The van der Waals surface area contributed by atoms with Gasteiger partial charge in [-0.1, -0.05) is 30.7 Å². The number of Topliss-reactive ketones (excluding diaryl/α,β-unsaturated/α-hetero) is 1. The van der Waals surface area contributed by atoms with E-state index in [2.05, 4.69) is 6.92 Å². The summed E-state index contributed by atoms with van der Waals surface area (Å²) in [6, 6.07) is 7.87. The molecular formula is C12H14O. The Kier molecular flexibility index (Phi) is 1.95. The average molecular weight is 174 g/mol. The molecule has 0 aromatic heterocycles. The van der Waals surface area contributed by atoms with Crippen molar-refractivity contribution in [3.8, 4) is 0 Å². The van der Waals surface area contributed by atoms with E-state index in [9.17, 15) is 4.79 Å². The molecule has 1 aromatic rings. The third-order valence-corrected chi connectivity index (χ3v) is 2.75. The van der Waals surface area contributed by atoms with Crippen molar-refractivity contribution in [2.45, 2.75) is 20.3 Å². The number of carbonyl (C=O) groups is 1. The second-order valence-corrected chi connectivity index (χ2v) is 4.05. The first kappa shape index (κ1) is 8.49. The average Bonchev–Trinajstić information content (AvgIpc) is 2.81. The van der Waals surface area contributed by atoms with E-state index in [4.69, 9.17) is 0 Å². The number of aryl methyl sites for hydroxylation is 1. The molecule has 1 aliphatic rings. The van der Waals surface area contributed by atoms with Crippen LogP contribution in [0.1, 0.15) is 29.3 Å². The zero-order valence-electron chi connectivity index (χ0n) is 8.08. The highest BCUT2D eigenvalue weighted by atomic mass is 16.1. The Morgan fingerprint density at radius 3 is 2.69 bits per heavy atom. The summed E-state index contributed by atoms with van der Waals surface area (Å²) >= 11 is 0. The van der Waals surface area contributed by atoms with Crippen molar-refractivity contribution in [2.24, 2.45) is 11.8 Å². The van der Waals surface area contributed by atoms with E-state index in [1.807, 2.05) is 31.2 Å². The van der Waals surface area contributed by atoms with Gasteiger partial charge in [0.15, 0.2) is 5.78 Å². The maximum Gasteiger partial charge on any atom is 0.166 e. The first-order chi connectivity index (χ1) is 6.18. The van der Waals surface area contributed by atoms with Gasteiger partial charge in [-0.05, 0) is 25.3 Å². The Bertz CT molecular complexity index is 341. The normalized spacial score (nSPS) is 25.7. The number of ketones is 1. The fraction of sp³-hybridized carbons (Fsp3) is 0.417. The van der Waals surface area contributed by atoms with Gasteiger partial charge >= 0.3 is 0 Å². The smallest absolute Gasteiger partial charge is 0.166 e. The Morgan fingerprint density at radius 2 is 2.15 bits per heavy atom. The molecular weight excluding hydrogens is 160 g/mol. The minimum Gasteiger partial charge on any atom is -0.294 e. The van der Waals surface area contributed by atoms with Crippen LogP contribution in [0.3, 0.4) is 0 Å². The molecule has 0 N–H and O–H groups in total. The van der Waals surface area contributed by atoms with E-state index < -0.39 is 0 Å². The van der Waals surface area contributed by atoms with Gasteiger partial charge < -0.3 is 0 Å². The lowest BCUT2D eigenvalue weighted by Crippen LogP contribution is -2.02. The minimum absolute atomic E-state index is 0.307. The molecule has 1 aromatic carbocycles. The van der Waals surface area contributed by atoms with E-state index in [-0.39, 0.29) is 0 Å². The molecule has 1 aliphatic carbocycles. The van der Waals surface area contributed by atoms with E-state index in [1.165, 1.54) is 5.56 Å². The van der Waals surface area contributed by atoms with Crippen LogP contribution < -0.4 is 0 Å². The van der Waals surface area contributed by atoms with Gasteiger partial charge in [0.2, 0.25) is 0 Å². The quantitative estimate of drug-likeness (QED) is 0.630. The van der Waals surface area contributed by atoms with Crippen LogP contribution in [0.4, 0.5) is 0 Å². The lowest BCUT2D eigenvalue weighted by Gasteiger charge is -1.99. The summed E-state index contributed by atoms with van der Waals surface area (Å²) in [7, 11) is 0. The first-order valence-electron chi connectivity index (χ1n) is 4.79. The summed E-state index contributed by atoms with van der Waals surface area (Å²) in [6.07, 6.45) is 1.08. The molecule has 0 spiro atoms. The number of carbonyl (C=O) groups excluding carboxylic acids is 1.